The van der Waals surface area contributed by atoms with E-state index in [1.54, 1.807) is 7.11 Å². The number of thioether (sulfide) groups is 1. The van der Waals surface area contributed by atoms with E-state index in [1.165, 1.54) is 11.1 Å². The van der Waals surface area contributed by atoms with Crippen molar-refractivity contribution in [1.29, 1.82) is 0 Å². The Morgan fingerprint density at radius 3 is 2.86 bits per heavy atom. The summed E-state index contributed by atoms with van der Waals surface area (Å²) in [5.41, 5.74) is 4.67. The molecule has 1 aromatic heterocycles. The number of fused-ring (bicyclic) bond motifs is 1. The van der Waals surface area contributed by atoms with E-state index in [2.05, 4.69) is 28.1 Å². The van der Waals surface area contributed by atoms with Crippen LogP contribution in [0, 0.1) is 0 Å². The number of nitrogens with one attached hydrogen (secondary N) is 1. The monoisotopic (exact) mass is 397 g/mol. The van der Waals surface area contributed by atoms with Crippen LogP contribution in [0.3, 0.4) is 0 Å². The molecule has 0 unspecified atom stereocenters. The van der Waals surface area contributed by atoms with Gasteiger partial charge in [-0.2, -0.15) is 11.8 Å². The van der Waals surface area contributed by atoms with Crippen LogP contribution in [0.25, 0.3) is 5.57 Å². The largest absolute Gasteiger partial charge is 0.497 e. The quantitative estimate of drug-likeness (QED) is 0.811. The van der Waals surface area contributed by atoms with E-state index in [0.717, 1.165) is 79.7 Å². The number of hydrogen-bond acceptors (Lipinski definition) is 5. The maximum absolute atomic E-state index is 12.2. The third-order valence-electron chi connectivity index (χ3n) is 5.52. The molecular formula is C22H27N3O2S. The van der Waals surface area contributed by atoms with Crippen molar-refractivity contribution in [3.63, 3.8) is 0 Å². The lowest BCUT2D eigenvalue weighted by atomic mass is 9.99. The van der Waals surface area contributed by atoms with Crippen LogP contribution in [0.15, 0.2) is 35.1 Å². The molecule has 5 nitrogen and oxygen atoms in total. The first kappa shape index (κ1) is 19.3. The van der Waals surface area contributed by atoms with Crippen molar-refractivity contribution in [3.05, 3.63) is 63.3 Å². The molecule has 0 spiro atoms. The molecule has 1 N–H and O–H groups in total. The number of methoxy groups -OCH3 is 1. The molecule has 0 saturated heterocycles. The summed E-state index contributed by atoms with van der Waals surface area (Å²) in [6, 6.07) is 8.31. The van der Waals surface area contributed by atoms with Gasteiger partial charge in [-0.25, -0.2) is 4.98 Å². The number of aromatic amines is 1. The van der Waals surface area contributed by atoms with Gasteiger partial charge in [0.2, 0.25) is 0 Å². The zero-order valence-corrected chi connectivity index (χ0v) is 17.2. The van der Waals surface area contributed by atoms with Gasteiger partial charge in [-0.05, 0) is 54.8 Å². The second-order valence-corrected chi connectivity index (χ2v) is 8.46. The lowest BCUT2D eigenvalue weighted by molar-refractivity contribution is 0.297. The van der Waals surface area contributed by atoms with Gasteiger partial charge in [0, 0.05) is 30.8 Å². The van der Waals surface area contributed by atoms with Crippen LogP contribution in [0.4, 0.5) is 0 Å². The average molecular weight is 398 g/mol. The van der Waals surface area contributed by atoms with Gasteiger partial charge in [0.1, 0.15) is 11.6 Å². The molecule has 0 fully saturated rings. The first-order valence-corrected chi connectivity index (χ1v) is 11.1. The molecule has 28 heavy (non-hydrogen) atoms. The van der Waals surface area contributed by atoms with Crippen LogP contribution < -0.4 is 10.3 Å². The summed E-state index contributed by atoms with van der Waals surface area (Å²) in [6.45, 7) is 3.08. The molecule has 2 aromatic rings. The summed E-state index contributed by atoms with van der Waals surface area (Å²) in [5, 5.41) is 0. The molecule has 0 saturated carbocycles. The second-order valence-electron chi connectivity index (χ2n) is 7.35. The van der Waals surface area contributed by atoms with Crippen molar-refractivity contribution in [3.8, 4) is 5.75 Å². The standard InChI is InChI=1S/C22H27N3O2S/c1-27-18-6-4-16(5-7-18)17-8-12-25(13-9-17)11-2-3-21-23-20-10-14-28-15-19(20)22(26)24-21/h4-8H,2-3,9-15H2,1H3,(H,23,24,26). The number of rotatable bonds is 6. The lowest BCUT2D eigenvalue weighted by Gasteiger charge is -2.26. The highest BCUT2D eigenvalue weighted by Gasteiger charge is 2.16. The van der Waals surface area contributed by atoms with Gasteiger partial charge < -0.3 is 9.72 Å². The first-order chi connectivity index (χ1) is 13.7. The fourth-order valence-electron chi connectivity index (χ4n) is 3.86. The first-order valence-electron chi connectivity index (χ1n) is 9.97. The Hall–Kier alpha value is -2.05. The van der Waals surface area contributed by atoms with Gasteiger partial charge >= 0.3 is 0 Å². The molecule has 1 aromatic carbocycles. The number of hydrogen-bond donors (Lipinski definition) is 1. The maximum Gasteiger partial charge on any atom is 0.255 e. The van der Waals surface area contributed by atoms with Crippen molar-refractivity contribution in [2.45, 2.75) is 31.4 Å². The predicted molar refractivity (Wildman–Crippen MR) is 115 cm³/mol. The van der Waals surface area contributed by atoms with Gasteiger partial charge in [0.05, 0.1) is 12.8 Å². The fraction of sp³-hybridized carbons (Fsp3) is 0.455. The summed E-state index contributed by atoms with van der Waals surface area (Å²) in [7, 11) is 1.70. The summed E-state index contributed by atoms with van der Waals surface area (Å²) in [4.78, 5) is 22.4. The topological polar surface area (TPSA) is 58.2 Å². The van der Waals surface area contributed by atoms with Crippen LogP contribution in [-0.4, -0.2) is 47.4 Å². The van der Waals surface area contributed by atoms with Gasteiger partial charge in [-0.1, -0.05) is 18.2 Å². The minimum atomic E-state index is 0.0669. The molecule has 0 bridgehead atoms. The lowest BCUT2D eigenvalue weighted by Crippen LogP contribution is -2.30. The fourth-order valence-corrected chi connectivity index (χ4v) is 4.85. The number of aromatic nitrogens is 2. The van der Waals surface area contributed by atoms with Crippen molar-refractivity contribution >= 4 is 17.3 Å². The van der Waals surface area contributed by atoms with Gasteiger partial charge in [-0.15, -0.1) is 0 Å². The van der Waals surface area contributed by atoms with E-state index in [-0.39, 0.29) is 5.56 Å². The van der Waals surface area contributed by atoms with Crippen LogP contribution in [-0.2, 0) is 18.6 Å². The molecule has 148 valence electrons. The Morgan fingerprint density at radius 2 is 2.11 bits per heavy atom. The van der Waals surface area contributed by atoms with Gasteiger partial charge in [0.25, 0.3) is 5.56 Å². The zero-order valence-electron chi connectivity index (χ0n) is 16.4. The number of benzene rings is 1. The third-order valence-corrected chi connectivity index (χ3v) is 6.51. The highest BCUT2D eigenvalue weighted by atomic mass is 32.2. The van der Waals surface area contributed by atoms with Crippen molar-refractivity contribution < 1.29 is 4.74 Å². The molecule has 6 heteroatoms. The van der Waals surface area contributed by atoms with Crippen molar-refractivity contribution in [2.24, 2.45) is 0 Å². The molecule has 0 amide bonds. The Balaban J connectivity index is 1.29. The van der Waals surface area contributed by atoms with Crippen LogP contribution in [0.5, 0.6) is 5.75 Å². The number of nitrogens with zero attached hydrogens (tertiary/aromatic N) is 2. The zero-order chi connectivity index (χ0) is 19.3. The average Bonchev–Trinajstić information content (AvgIpc) is 2.74. The summed E-state index contributed by atoms with van der Waals surface area (Å²) >= 11 is 1.82. The molecule has 0 atom stereocenters. The maximum atomic E-state index is 12.2. The highest BCUT2D eigenvalue weighted by Crippen LogP contribution is 2.24. The van der Waals surface area contributed by atoms with Gasteiger partial charge in [0.15, 0.2) is 0 Å². The Bertz CT molecular complexity index is 905. The second kappa shape index (κ2) is 8.97. The van der Waals surface area contributed by atoms with E-state index in [1.807, 2.05) is 23.9 Å². The molecule has 2 aliphatic heterocycles. The van der Waals surface area contributed by atoms with Crippen molar-refractivity contribution in [1.82, 2.24) is 14.9 Å². The van der Waals surface area contributed by atoms with E-state index in [9.17, 15) is 4.79 Å². The summed E-state index contributed by atoms with van der Waals surface area (Å²) in [6.07, 6.45) is 6.17. The minimum Gasteiger partial charge on any atom is -0.497 e. The third kappa shape index (κ3) is 4.50. The Labute approximate surface area is 170 Å². The predicted octanol–water partition coefficient (Wildman–Crippen LogP) is 3.29. The van der Waals surface area contributed by atoms with Crippen LogP contribution in [0.1, 0.15) is 35.5 Å². The summed E-state index contributed by atoms with van der Waals surface area (Å²) in [5.74, 6) is 3.62. The minimum absolute atomic E-state index is 0.0669. The van der Waals surface area contributed by atoms with E-state index < -0.39 is 0 Å². The SMILES string of the molecule is COc1ccc(C2=CCN(CCCc3nc4c(c(=O)[nH]3)CSCC4)CC2)cc1. The molecule has 0 radical (unpaired) electrons. The summed E-state index contributed by atoms with van der Waals surface area (Å²) < 4.78 is 5.24. The molecule has 2 aliphatic rings. The van der Waals surface area contributed by atoms with Gasteiger partial charge in [-0.3, -0.25) is 9.69 Å². The number of aryl methyl sites for hydroxylation is 2. The van der Waals surface area contributed by atoms with Crippen LogP contribution in [0.2, 0.25) is 0 Å². The van der Waals surface area contributed by atoms with E-state index in [0.29, 0.717) is 0 Å². The smallest absolute Gasteiger partial charge is 0.255 e. The van der Waals surface area contributed by atoms with Crippen molar-refractivity contribution in [2.75, 3.05) is 32.5 Å². The Morgan fingerprint density at radius 1 is 1.25 bits per heavy atom. The molecule has 0 aliphatic carbocycles. The number of ether oxygens (including phenoxy) is 1. The molecule has 4 rings (SSSR count). The van der Waals surface area contributed by atoms with E-state index in [4.69, 9.17) is 9.72 Å². The van der Waals surface area contributed by atoms with Crippen LogP contribution >= 0.6 is 11.8 Å². The number of H-pyrrole nitrogens is 1. The normalized spacial score (nSPS) is 17.1. The molecule has 3 heterocycles. The van der Waals surface area contributed by atoms with E-state index >= 15 is 0 Å². The Kier molecular flexibility index (Phi) is 6.17. The molecular weight excluding hydrogens is 370 g/mol. The highest BCUT2D eigenvalue weighted by molar-refractivity contribution is 7.98.